The van der Waals surface area contributed by atoms with Gasteiger partial charge in [0.25, 0.3) is 0 Å². The fraction of sp³-hybridized carbons (Fsp3) is 0. The van der Waals surface area contributed by atoms with E-state index in [1.807, 2.05) is 12.1 Å². The zero-order valence-corrected chi connectivity index (χ0v) is 21.7. The van der Waals surface area contributed by atoms with Crippen molar-refractivity contribution in [2.75, 3.05) is 0 Å². The van der Waals surface area contributed by atoms with Crippen LogP contribution in [0.1, 0.15) is 0 Å². The van der Waals surface area contributed by atoms with E-state index in [0.29, 0.717) is 0 Å². The molecule has 4 heterocycles. The lowest BCUT2D eigenvalue weighted by molar-refractivity contribution is 0.669. The summed E-state index contributed by atoms with van der Waals surface area (Å²) < 4.78 is 15.2. The van der Waals surface area contributed by atoms with Gasteiger partial charge in [-0.3, -0.25) is 0 Å². The first-order chi connectivity index (χ1) is 20.3. The quantitative estimate of drug-likeness (QED) is 0.186. The molecule has 0 aliphatic rings. The van der Waals surface area contributed by atoms with Gasteiger partial charge in [0, 0.05) is 55.2 Å². The molecule has 11 rings (SSSR count). The van der Waals surface area contributed by atoms with Crippen LogP contribution in [-0.2, 0) is 0 Å². The van der Waals surface area contributed by atoms with E-state index in [1.165, 1.54) is 48.6 Å². The first kappa shape index (κ1) is 20.4. The molecule has 0 saturated carbocycles. The van der Waals surface area contributed by atoms with Crippen molar-refractivity contribution in [2.45, 2.75) is 0 Å². The number of rotatable bonds is 0. The van der Waals surface area contributed by atoms with E-state index >= 15 is 0 Å². The van der Waals surface area contributed by atoms with E-state index in [-0.39, 0.29) is 0 Å². The van der Waals surface area contributed by atoms with Crippen LogP contribution in [0, 0.1) is 0 Å². The molecule has 0 amide bonds. The Morgan fingerprint density at radius 1 is 0.366 bits per heavy atom. The van der Waals surface area contributed by atoms with Gasteiger partial charge in [-0.25, -0.2) is 0 Å². The summed E-state index contributed by atoms with van der Waals surface area (Å²) in [5, 5.41) is 14.7. The molecular formula is C38H19NO2. The maximum absolute atomic E-state index is 6.38. The minimum Gasteiger partial charge on any atom is -0.456 e. The standard InChI is InChI=1S/C38H19NO2/c1-2-8-21-14-25-22(13-20(21)7-1)15-29-26-16-27-23-9-3-5-11-33(23)40-35(27)18-31(26)39-32-19-36-28(17-30(32)37(25)38(29)39)24-10-4-6-12-34(24)41-36/h1-19H. The second-order valence-corrected chi connectivity index (χ2v) is 11.3. The zero-order valence-electron chi connectivity index (χ0n) is 21.7. The lowest BCUT2D eigenvalue weighted by atomic mass is 9.96. The number of para-hydroxylation sites is 2. The summed E-state index contributed by atoms with van der Waals surface area (Å²) in [6.07, 6.45) is 0. The van der Waals surface area contributed by atoms with Crippen molar-refractivity contribution in [3.8, 4) is 0 Å². The van der Waals surface area contributed by atoms with Crippen molar-refractivity contribution in [1.82, 2.24) is 4.40 Å². The highest BCUT2D eigenvalue weighted by molar-refractivity contribution is 6.34. The Kier molecular flexibility index (Phi) is 3.37. The maximum Gasteiger partial charge on any atom is 0.137 e. The molecule has 0 unspecified atom stereocenters. The molecule has 3 nitrogen and oxygen atoms in total. The smallest absolute Gasteiger partial charge is 0.137 e. The number of hydrogen-bond acceptors (Lipinski definition) is 2. The van der Waals surface area contributed by atoms with Crippen LogP contribution in [-0.4, -0.2) is 4.40 Å². The van der Waals surface area contributed by atoms with Crippen LogP contribution in [0.2, 0.25) is 0 Å². The van der Waals surface area contributed by atoms with Crippen molar-refractivity contribution in [3.63, 3.8) is 0 Å². The van der Waals surface area contributed by atoms with E-state index < -0.39 is 0 Å². The van der Waals surface area contributed by atoms with Crippen LogP contribution in [0.15, 0.2) is 124 Å². The van der Waals surface area contributed by atoms with Gasteiger partial charge in [-0.15, -0.1) is 0 Å². The number of aromatic nitrogens is 1. The highest BCUT2D eigenvalue weighted by Crippen LogP contribution is 2.47. The number of fused-ring (bicyclic) bond motifs is 15. The first-order valence-corrected chi connectivity index (χ1v) is 14.0. The molecule has 0 atom stereocenters. The summed E-state index contributed by atoms with van der Waals surface area (Å²) in [7, 11) is 0. The fourth-order valence-electron chi connectivity index (χ4n) is 7.47. The lowest BCUT2D eigenvalue weighted by Crippen LogP contribution is -1.80. The molecule has 0 N–H and O–H groups in total. The summed E-state index contributed by atoms with van der Waals surface area (Å²) in [5.74, 6) is 0. The molecule has 7 aromatic carbocycles. The third kappa shape index (κ3) is 2.38. The topological polar surface area (TPSA) is 30.7 Å². The van der Waals surface area contributed by atoms with Crippen molar-refractivity contribution < 1.29 is 8.83 Å². The molecule has 0 fully saturated rings. The lowest BCUT2D eigenvalue weighted by Gasteiger charge is -2.06. The van der Waals surface area contributed by atoms with Crippen LogP contribution >= 0.6 is 0 Å². The van der Waals surface area contributed by atoms with Gasteiger partial charge < -0.3 is 13.2 Å². The minimum absolute atomic E-state index is 0.910. The molecule has 4 aromatic heterocycles. The molecule has 0 radical (unpaired) electrons. The van der Waals surface area contributed by atoms with E-state index in [4.69, 9.17) is 8.83 Å². The summed E-state index contributed by atoms with van der Waals surface area (Å²) >= 11 is 0. The predicted octanol–water partition coefficient (Wildman–Crippen LogP) is 10.9. The molecule has 188 valence electrons. The average Bonchev–Trinajstić information content (AvgIpc) is 3.73. The molecule has 0 bridgehead atoms. The zero-order chi connectivity index (χ0) is 26.4. The highest BCUT2D eigenvalue weighted by atomic mass is 16.3. The Hall–Kier alpha value is -5.54. The van der Waals surface area contributed by atoms with Gasteiger partial charge >= 0.3 is 0 Å². The molecular weight excluding hydrogens is 502 g/mol. The summed E-state index contributed by atoms with van der Waals surface area (Å²) in [6, 6.07) is 41.6. The maximum atomic E-state index is 6.38. The monoisotopic (exact) mass is 521 g/mol. The largest absolute Gasteiger partial charge is 0.456 e. The Morgan fingerprint density at radius 3 is 1.63 bits per heavy atom. The van der Waals surface area contributed by atoms with Crippen LogP contribution in [0.5, 0.6) is 0 Å². The summed E-state index contributed by atoms with van der Waals surface area (Å²) in [4.78, 5) is 0. The SMILES string of the molecule is c1ccc2cc3c(cc2c1)cc1c2cc4c(cc2n2c5cc6oc7ccccc7c6cc5c3c12)oc1ccccc14. The van der Waals surface area contributed by atoms with Gasteiger partial charge in [0.15, 0.2) is 0 Å². The molecule has 0 saturated heterocycles. The van der Waals surface area contributed by atoms with Crippen molar-refractivity contribution >= 4 is 104 Å². The van der Waals surface area contributed by atoms with Crippen molar-refractivity contribution in [3.05, 3.63) is 115 Å². The normalized spacial score (nSPS) is 12.9. The van der Waals surface area contributed by atoms with Gasteiger partial charge in [0.1, 0.15) is 22.3 Å². The molecule has 0 aliphatic carbocycles. The third-order valence-electron chi connectivity index (χ3n) is 9.23. The Labute approximate surface area is 231 Å². The Balaban J connectivity index is 1.44. The van der Waals surface area contributed by atoms with Gasteiger partial charge in [-0.05, 0) is 64.0 Å². The van der Waals surface area contributed by atoms with Gasteiger partial charge in [-0.2, -0.15) is 0 Å². The average molecular weight is 522 g/mol. The highest BCUT2D eigenvalue weighted by Gasteiger charge is 2.23. The van der Waals surface area contributed by atoms with E-state index in [2.05, 4.69) is 108 Å². The summed E-state index contributed by atoms with van der Waals surface area (Å²) in [6.45, 7) is 0. The van der Waals surface area contributed by atoms with Crippen LogP contribution in [0.25, 0.3) is 104 Å². The number of hydrogen-bond donors (Lipinski definition) is 0. The molecule has 3 heteroatoms. The Bertz CT molecular complexity index is 2910. The van der Waals surface area contributed by atoms with Crippen molar-refractivity contribution in [1.29, 1.82) is 0 Å². The van der Waals surface area contributed by atoms with Crippen LogP contribution in [0.4, 0.5) is 0 Å². The summed E-state index contributed by atoms with van der Waals surface area (Å²) in [5.41, 5.74) is 7.22. The fourth-order valence-corrected chi connectivity index (χ4v) is 7.47. The second kappa shape index (κ2) is 6.78. The van der Waals surface area contributed by atoms with Crippen LogP contribution in [0.3, 0.4) is 0 Å². The number of nitrogens with zero attached hydrogens (tertiary/aromatic N) is 1. The second-order valence-electron chi connectivity index (χ2n) is 11.3. The van der Waals surface area contributed by atoms with Gasteiger partial charge in [0.2, 0.25) is 0 Å². The molecule has 11 aromatic rings. The van der Waals surface area contributed by atoms with E-state index in [1.54, 1.807) is 0 Å². The first-order valence-electron chi connectivity index (χ1n) is 14.0. The molecule has 0 aliphatic heterocycles. The van der Waals surface area contributed by atoms with Gasteiger partial charge in [-0.1, -0.05) is 60.7 Å². The van der Waals surface area contributed by atoms with E-state index in [0.717, 1.165) is 54.9 Å². The van der Waals surface area contributed by atoms with E-state index in [9.17, 15) is 0 Å². The third-order valence-corrected chi connectivity index (χ3v) is 9.23. The molecule has 41 heavy (non-hydrogen) atoms. The van der Waals surface area contributed by atoms with Gasteiger partial charge in [0.05, 0.1) is 16.6 Å². The predicted molar refractivity (Wildman–Crippen MR) is 171 cm³/mol. The minimum atomic E-state index is 0.910. The number of benzene rings is 7. The van der Waals surface area contributed by atoms with Crippen LogP contribution < -0.4 is 0 Å². The molecule has 0 spiro atoms. The number of furan rings is 2. The Morgan fingerprint density at radius 2 is 0.927 bits per heavy atom. The van der Waals surface area contributed by atoms with Crippen molar-refractivity contribution in [2.24, 2.45) is 0 Å².